The van der Waals surface area contributed by atoms with Crippen LogP contribution in [-0.4, -0.2) is 66.5 Å². The maximum atomic E-state index is 12.8. The Balaban J connectivity index is 4.77. The summed E-state index contributed by atoms with van der Waals surface area (Å²) < 4.78 is 39.3. The van der Waals surface area contributed by atoms with Gasteiger partial charge in [-0.1, -0.05) is 185 Å². The number of esters is 3. The highest BCUT2D eigenvalue weighted by Crippen LogP contribution is 2.43. The fraction of sp³-hybridized carbons (Fsp3) is 0.788. The van der Waals surface area contributed by atoms with Gasteiger partial charge < -0.3 is 24.2 Å². The number of rotatable bonds is 47. The predicted molar refractivity (Wildman–Crippen MR) is 261 cm³/mol. The fourth-order valence-electron chi connectivity index (χ4n) is 6.78. The van der Waals surface area contributed by atoms with E-state index in [1.165, 1.54) is 51.4 Å². The lowest BCUT2D eigenvalue weighted by Gasteiger charge is -2.21. The number of ether oxygens (including phenoxy) is 3. The molecule has 0 bridgehead atoms. The minimum absolute atomic E-state index is 0.149. The van der Waals surface area contributed by atoms with E-state index < -0.39 is 57.8 Å². The molecule has 0 saturated heterocycles. The summed E-state index contributed by atoms with van der Waals surface area (Å²) in [6, 6.07) is 0. The first-order chi connectivity index (χ1) is 31.2. The highest BCUT2D eigenvalue weighted by Gasteiger charge is 2.28. The van der Waals surface area contributed by atoms with Gasteiger partial charge in [-0.25, -0.2) is 4.57 Å². The molecule has 2 N–H and O–H groups in total. The number of unbranched alkanes of at least 4 members (excludes halogenated alkanes) is 22. The van der Waals surface area contributed by atoms with E-state index in [0.717, 1.165) is 116 Å². The normalized spacial score (nSPS) is 13.9. The van der Waals surface area contributed by atoms with Crippen molar-refractivity contribution < 1.29 is 52.2 Å². The zero-order valence-electron chi connectivity index (χ0n) is 40.7. The van der Waals surface area contributed by atoms with E-state index >= 15 is 0 Å². The number of hydrogen-bond donors (Lipinski definition) is 2. The van der Waals surface area contributed by atoms with Crippen molar-refractivity contribution in [2.24, 2.45) is 0 Å². The largest absolute Gasteiger partial charge is 0.472 e. The third kappa shape index (κ3) is 44.6. The number of carbonyl (C=O) groups excluding carboxylic acids is 3. The molecule has 0 aromatic carbocycles. The summed E-state index contributed by atoms with van der Waals surface area (Å²) in [6.45, 7) is 4.46. The topological polar surface area (TPSA) is 155 Å². The summed E-state index contributed by atoms with van der Waals surface area (Å²) in [4.78, 5) is 48.2. The molecule has 0 fully saturated rings. The minimum Gasteiger partial charge on any atom is -0.462 e. The third-order valence-electron chi connectivity index (χ3n) is 10.7. The molecule has 3 atom stereocenters. The molecule has 0 rings (SSSR count). The van der Waals surface area contributed by atoms with E-state index in [1.807, 2.05) is 0 Å². The van der Waals surface area contributed by atoms with Crippen LogP contribution in [0, 0.1) is 0 Å². The zero-order valence-corrected chi connectivity index (χ0v) is 41.6. The standard InChI is InChI=1S/C52H93O11P/c1-4-7-10-13-16-19-22-24-27-29-32-35-38-41-50(54)59-45-49(63-52(56)43-40-37-34-31-28-25-23-20-17-14-11-8-5-2)47-61-64(57,58)60-46-48(44-53)62-51(55)42-39-36-33-30-26-21-18-15-12-9-6-3/h10-11,13-14,19-20,22-23,48-49,53H,4-9,12,15-18,21,24-47H2,1-3H3,(H,57,58)/b13-10-,14-11-,22-19-,23-20-. The Kier molecular flexibility index (Phi) is 45.1. The number of phosphoric ester groups is 1. The van der Waals surface area contributed by atoms with Gasteiger partial charge in [0.15, 0.2) is 6.10 Å². The summed E-state index contributed by atoms with van der Waals surface area (Å²) in [5, 5.41) is 9.75. The Bertz CT molecular complexity index is 1260. The molecule has 0 aromatic heterocycles. The molecule has 372 valence electrons. The monoisotopic (exact) mass is 925 g/mol. The molecule has 0 radical (unpaired) electrons. The van der Waals surface area contributed by atoms with Crippen molar-refractivity contribution in [3.63, 3.8) is 0 Å². The summed E-state index contributed by atoms with van der Waals surface area (Å²) in [5.41, 5.74) is 0. The van der Waals surface area contributed by atoms with Gasteiger partial charge in [0, 0.05) is 19.3 Å². The molecule has 0 aliphatic heterocycles. The van der Waals surface area contributed by atoms with Crippen molar-refractivity contribution >= 4 is 25.7 Å². The van der Waals surface area contributed by atoms with Crippen LogP contribution in [0.4, 0.5) is 0 Å². The van der Waals surface area contributed by atoms with Crippen molar-refractivity contribution in [1.29, 1.82) is 0 Å². The molecule has 0 amide bonds. The van der Waals surface area contributed by atoms with Crippen LogP contribution in [-0.2, 0) is 42.2 Å². The highest BCUT2D eigenvalue weighted by atomic mass is 31.2. The average molecular weight is 925 g/mol. The quantitative estimate of drug-likeness (QED) is 0.0197. The van der Waals surface area contributed by atoms with Gasteiger partial charge in [0.25, 0.3) is 0 Å². The Hall–Kier alpha value is -2.56. The number of aliphatic hydroxyl groups excluding tert-OH is 1. The SMILES string of the molecule is CCC/C=C\C/C=C\CCCCCCCC(=O)OCC(COP(=O)(O)OCC(CO)OC(=O)CCCCCCCCCCCCC)OC(=O)CCCCCCC/C=C\C/C=C\CCC. The van der Waals surface area contributed by atoms with Crippen LogP contribution in [0.5, 0.6) is 0 Å². The third-order valence-corrected chi connectivity index (χ3v) is 11.6. The molecular weight excluding hydrogens is 832 g/mol. The summed E-state index contributed by atoms with van der Waals surface area (Å²) in [6.07, 6.45) is 46.5. The number of hydrogen-bond acceptors (Lipinski definition) is 10. The van der Waals surface area contributed by atoms with Crippen LogP contribution in [0.1, 0.15) is 226 Å². The number of phosphoric acid groups is 1. The second-order valence-electron chi connectivity index (χ2n) is 17.0. The molecule has 11 nitrogen and oxygen atoms in total. The van der Waals surface area contributed by atoms with Gasteiger partial charge in [-0.3, -0.25) is 23.4 Å². The molecule has 0 spiro atoms. The molecule has 3 unspecified atom stereocenters. The number of carbonyl (C=O) groups is 3. The lowest BCUT2D eigenvalue weighted by Crippen LogP contribution is -2.30. The smallest absolute Gasteiger partial charge is 0.462 e. The molecule has 64 heavy (non-hydrogen) atoms. The maximum absolute atomic E-state index is 12.8. The van der Waals surface area contributed by atoms with Crippen molar-refractivity contribution in [2.75, 3.05) is 26.4 Å². The molecule has 0 aliphatic carbocycles. The Morgan fingerprint density at radius 3 is 1.22 bits per heavy atom. The minimum atomic E-state index is -4.74. The van der Waals surface area contributed by atoms with E-state index in [-0.39, 0.29) is 25.9 Å². The van der Waals surface area contributed by atoms with Crippen molar-refractivity contribution in [3.8, 4) is 0 Å². The van der Waals surface area contributed by atoms with E-state index in [4.69, 9.17) is 23.3 Å². The molecule has 0 heterocycles. The van der Waals surface area contributed by atoms with Crippen LogP contribution in [0.3, 0.4) is 0 Å². The van der Waals surface area contributed by atoms with Crippen LogP contribution in [0.25, 0.3) is 0 Å². The fourth-order valence-corrected chi connectivity index (χ4v) is 7.57. The maximum Gasteiger partial charge on any atom is 0.472 e. The molecule has 0 aliphatic rings. The first-order valence-electron chi connectivity index (χ1n) is 25.5. The summed E-state index contributed by atoms with van der Waals surface area (Å²) >= 11 is 0. The molecule has 12 heteroatoms. The Labute approximate surface area is 390 Å². The number of allylic oxidation sites excluding steroid dienone is 8. The van der Waals surface area contributed by atoms with Crippen molar-refractivity contribution in [2.45, 2.75) is 238 Å². The molecule has 0 aromatic rings. The van der Waals surface area contributed by atoms with Crippen molar-refractivity contribution in [1.82, 2.24) is 0 Å². The van der Waals surface area contributed by atoms with Gasteiger partial charge in [0.05, 0.1) is 19.8 Å². The summed E-state index contributed by atoms with van der Waals surface area (Å²) in [7, 11) is -4.74. The Morgan fingerprint density at radius 2 is 0.797 bits per heavy atom. The van der Waals surface area contributed by atoms with E-state index in [1.54, 1.807) is 0 Å². The van der Waals surface area contributed by atoms with Gasteiger partial charge >= 0.3 is 25.7 Å². The van der Waals surface area contributed by atoms with Crippen molar-refractivity contribution in [3.05, 3.63) is 48.6 Å². The second kappa shape index (κ2) is 47.0. The van der Waals surface area contributed by atoms with Crippen LogP contribution in [0.15, 0.2) is 48.6 Å². The lowest BCUT2D eigenvalue weighted by atomic mass is 10.1. The van der Waals surface area contributed by atoms with Gasteiger partial charge in [-0.05, 0) is 70.6 Å². The van der Waals surface area contributed by atoms with Gasteiger partial charge in [0.2, 0.25) is 0 Å². The van der Waals surface area contributed by atoms with Gasteiger partial charge in [-0.2, -0.15) is 0 Å². The zero-order chi connectivity index (χ0) is 47.0. The van der Waals surface area contributed by atoms with Crippen LogP contribution < -0.4 is 0 Å². The first kappa shape index (κ1) is 61.4. The van der Waals surface area contributed by atoms with Gasteiger partial charge in [-0.15, -0.1) is 0 Å². The van der Waals surface area contributed by atoms with E-state index in [0.29, 0.717) is 19.3 Å². The number of aliphatic hydroxyl groups is 1. The summed E-state index contributed by atoms with van der Waals surface area (Å²) in [5.74, 6) is -1.49. The van der Waals surface area contributed by atoms with E-state index in [9.17, 15) is 28.9 Å². The lowest BCUT2D eigenvalue weighted by molar-refractivity contribution is -0.161. The average Bonchev–Trinajstić information content (AvgIpc) is 3.28. The Morgan fingerprint density at radius 1 is 0.438 bits per heavy atom. The highest BCUT2D eigenvalue weighted by molar-refractivity contribution is 7.47. The van der Waals surface area contributed by atoms with E-state index in [2.05, 4.69) is 69.4 Å². The first-order valence-corrected chi connectivity index (χ1v) is 27.0. The second-order valence-corrected chi connectivity index (χ2v) is 18.4. The van der Waals surface area contributed by atoms with Crippen LogP contribution >= 0.6 is 7.82 Å². The molecular formula is C52H93O11P. The van der Waals surface area contributed by atoms with Crippen LogP contribution in [0.2, 0.25) is 0 Å². The van der Waals surface area contributed by atoms with Gasteiger partial charge in [0.1, 0.15) is 12.7 Å². The molecule has 0 saturated carbocycles. The predicted octanol–water partition coefficient (Wildman–Crippen LogP) is 14.2.